The lowest BCUT2D eigenvalue weighted by molar-refractivity contribution is 0.0943. The summed E-state index contributed by atoms with van der Waals surface area (Å²) in [6.45, 7) is 0. The number of sulfonamides is 1. The van der Waals surface area contributed by atoms with Gasteiger partial charge in [-0.25, -0.2) is 13.4 Å². The minimum absolute atomic E-state index is 0.0715. The number of anilines is 1. The molecule has 3 N–H and O–H groups in total. The lowest BCUT2D eigenvalue weighted by Crippen LogP contribution is -2.29. The monoisotopic (exact) mass is 482 g/mol. The Bertz CT molecular complexity index is 1570. The van der Waals surface area contributed by atoms with E-state index in [1.165, 1.54) is 24.3 Å². The molecule has 1 amide bonds. The molecule has 0 radical (unpaired) electrons. The molecule has 174 valence electrons. The second kappa shape index (κ2) is 9.44. The molecule has 1 aromatic heterocycles. The van der Waals surface area contributed by atoms with Crippen molar-refractivity contribution in [1.82, 2.24) is 15.3 Å². The summed E-state index contributed by atoms with van der Waals surface area (Å²) in [5, 5.41) is 3.08. The molecule has 0 aliphatic carbocycles. The van der Waals surface area contributed by atoms with Gasteiger partial charge in [-0.05, 0) is 59.7 Å². The van der Waals surface area contributed by atoms with Gasteiger partial charge in [0.1, 0.15) is 0 Å². The molecule has 5 rings (SSSR count). The molecule has 0 fully saturated rings. The fraction of sp³-hybridized carbons (Fsp3) is 0.0370. The molecule has 0 spiro atoms. The summed E-state index contributed by atoms with van der Waals surface area (Å²) < 4.78 is 27.9. The lowest BCUT2D eigenvalue weighted by atomic mass is 9.97. The number of aromatic amines is 1. The summed E-state index contributed by atoms with van der Waals surface area (Å²) in [7, 11) is -3.77. The molecule has 7 nitrogen and oxygen atoms in total. The van der Waals surface area contributed by atoms with Crippen molar-refractivity contribution >= 4 is 32.7 Å². The minimum Gasteiger partial charge on any atom is -0.345 e. The van der Waals surface area contributed by atoms with Crippen LogP contribution in [0, 0.1) is 0 Å². The second-order valence-electron chi connectivity index (χ2n) is 7.99. The van der Waals surface area contributed by atoms with E-state index in [0.29, 0.717) is 11.3 Å². The van der Waals surface area contributed by atoms with Gasteiger partial charge in [0.2, 0.25) is 0 Å². The first-order valence-electron chi connectivity index (χ1n) is 11.0. The van der Waals surface area contributed by atoms with E-state index in [2.05, 4.69) is 20.0 Å². The Labute approximate surface area is 202 Å². The molecular formula is C27H22N4O3S. The molecule has 0 saturated carbocycles. The number of imidazole rings is 1. The predicted octanol–water partition coefficient (Wildman–Crippen LogP) is 4.88. The lowest BCUT2D eigenvalue weighted by Gasteiger charge is -2.20. The Morgan fingerprint density at radius 3 is 2.20 bits per heavy atom. The van der Waals surface area contributed by atoms with Crippen LogP contribution in [0.1, 0.15) is 27.5 Å². The van der Waals surface area contributed by atoms with E-state index in [1.807, 2.05) is 48.5 Å². The van der Waals surface area contributed by atoms with Gasteiger partial charge in [-0.2, -0.15) is 0 Å². The van der Waals surface area contributed by atoms with E-state index in [-0.39, 0.29) is 10.8 Å². The molecule has 35 heavy (non-hydrogen) atoms. The van der Waals surface area contributed by atoms with Gasteiger partial charge in [-0.1, -0.05) is 54.6 Å². The normalized spacial score (nSPS) is 12.2. The number of aromatic nitrogens is 2. The maximum atomic E-state index is 13.2. The van der Waals surface area contributed by atoms with Gasteiger partial charge >= 0.3 is 0 Å². The van der Waals surface area contributed by atoms with Crippen LogP contribution in [0.15, 0.2) is 114 Å². The summed E-state index contributed by atoms with van der Waals surface area (Å²) in [6, 6.07) is 29.6. The quantitative estimate of drug-likeness (QED) is 0.307. The largest absolute Gasteiger partial charge is 0.345 e. The van der Waals surface area contributed by atoms with Crippen molar-refractivity contribution in [3.63, 3.8) is 0 Å². The highest BCUT2D eigenvalue weighted by Crippen LogP contribution is 2.25. The third-order valence-electron chi connectivity index (χ3n) is 5.64. The number of para-hydroxylation sites is 1. The minimum atomic E-state index is -3.77. The van der Waals surface area contributed by atoms with Gasteiger partial charge in [0, 0.05) is 11.3 Å². The number of hydrogen-bond acceptors (Lipinski definition) is 4. The first kappa shape index (κ1) is 22.4. The highest BCUT2D eigenvalue weighted by molar-refractivity contribution is 7.92. The van der Waals surface area contributed by atoms with Crippen molar-refractivity contribution in [2.24, 2.45) is 0 Å². The van der Waals surface area contributed by atoms with E-state index in [4.69, 9.17) is 0 Å². The summed E-state index contributed by atoms with van der Waals surface area (Å²) in [5.74, 6) is -0.316. The SMILES string of the molecule is O=C(N[C@@H](c1ccccc1)c1ccc2nc[nH]c2c1)c1ccc(S(=O)(=O)Nc2ccccc2)cc1. The second-order valence-corrected chi connectivity index (χ2v) is 9.67. The van der Waals surface area contributed by atoms with Crippen LogP contribution in [0.3, 0.4) is 0 Å². The maximum Gasteiger partial charge on any atom is 0.261 e. The molecule has 0 aliphatic rings. The number of benzene rings is 4. The number of nitrogens with zero attached hydrogens (tertiary/aromatic N) is 1. The zero-order chi connectivity index (χ0) is 24.3. The van der Waals surface area contributed by atoms with Gasteiger partial charge < -0.3 is 10.3 Å². The van der Waals surface area contributed by atoms with Crippen molar-refractivity contribution < 1.29 is 13.2 Å². The number of rotatable bonds is 7. The molecule has 0 bridgehead atoms. The number of hydrogen-bond donors (Lipinski definition) is 3. The Balaban J connectivity index is 1.39. The summed E-state index contributed by atoms with van der Waals surface area (Å²) in [6.07, 6.45) is 1.63. The molecule has 1 atom stereocenters. The van der Waals surface area contributed by atoms with Gasteiger partial charge in [-0.3, -0.25) is 9.52 Å². The first-order valence-corrected chi connectivity index (χ1v) is 12.4. The van der Waals surface area contributed by atoms with Crippen LogP contribution in [0.5, 0.6) is 0 Å². The molecule has 8 heteroatoms. The number of nitrogens with one attached hydrogen (secondary N) is 3. The van der Waals surface area contributed by atoms with Crippen molar-refractivity contribution in [1.29, 1.82) is 0 Å². The number of H-pyrrole nitrogens is 1. The van der Waals surface area contributed by atoms with Crippen LogP contribution in [-0.4, -0.2) is 24.3 Å². The number of carbonyl (C=O) groups excluding carboxylic acids is 1. The average molecular weight is 483 g/mol. The molecule has 4 aromatic carbocycles. The van der Waals surface area contributed by atoms with E-state index in [0.717, 1.165) is 22.2 Å². The highest BCUT2D eigenvalue weighted by Gasteiger charge is 2.20. The van der Waals surface area contributed by atoms with Gasteiger partial charge in [0.15, 0.2) is 0 Å². The third kappa shape index (κ3) is 4.92. The average Bonchev–Trinajstić information content (AvgIpc) is 3.36. The van der Waals surface area contributed by atoms with Crippen LogP contribution in [-0.2, 0) is 10.0 Å². The number of carbonyl (C=O) groups is 1. The van der Waals surface area contributed by atoms with Crippen molar-refractivity contribution in [2.75, 3.05) is 4.72 Å². The summed E-state index contributed by atoms with van der Waals surface area (Å²) in [5.41, 5.74) is 4.35. The molecule has 0 saturated heterocycles. The van der Waals surface area contributed by atoms with Crippen LogP contribution in [0.25, 0.3) is 11.0 Å². The number of fused-ring (bicyclic) bond motifs is 1. The predicted molar refractivity (Wildman–Crippen MR) is 136 cm³/mol. The zero-order valence-corrected chi connectivity index (χ0v) is 19.4. The Hall–Kier alpha value is -4.43. The van der Waals surface area contributed by atoms with Crippen LogP contribution in [0.4, 0.5) is 5.69 Å². The topological polar surface area (TPSA) is 104 Å². The maximum absolute atomic E-state index is 13.2. The molecule has 0 unspecified atom stereocenters. The summed E-state index contributed by atoms with van der Waals surface area (Å²) >= 11 is 0. The molecule has 0 aliphatic heterocycles. The first-order chi connectivity index (χ1) is 17.0. The Kier molecular flexibility index (Phi) is 6.03. The number of amides is 1. The zero-order valence-electron chi connectivity index (χ0n) is 18.5. The molecular weight excluding hydrogens is 460 g/mol. The van der Waals surface area contributed by atoms with Crippen molar-refractivity contribution in [3.8, 4) is 0 Å². The Morgan fingerprint density at radius 1 is 0.800 bits per heavy atom. The Morgan fingerprint density at radius 2 is 1.49 bits per heavy atom. The van der Waals surface area contributed by atoms with Gasteiger partial charge in [0.25, 0.3) is 15.9 Å². The van der Waals surface area contributed by atoms with Gasteiger partial charge in [-0.15, -0.1) is 0 Å². The summed E-state index contributed by atoms with van der Waals surface area (Å²) in [4.78, 5) is 20.6. The van der Waals surface area contributed by atoms with E-state index < -0.39 is 16.1 Å². The van der Waals surface area contributed by atoms with Crippen molar-refractivity contribution in [3.05, 3.63) is 126 Å². The standard InChI is InChI=1S/C27H22N4O3S/c32-27(20-11-14-23(15-12-20)35(33,34)31-22-9-5-2-6-10-22)30-26(19-7-3-1-4-8-19)21-13-16-24-25(17-21)29-18-28-24/h1-18,26,31H,(H,28,29)(H,30,32)/t26-/m0/s1. The van der Waals surface area contributed by atoms with Crippen LogP contribution >= 0.6 is 0 Å². The van der Waals surface area contributed by atoms with E-state index >= 15 is 0 Å². The highest BCUT2D eigenvalue weighted by atomic mass is 32.2. The van der Waals surface area contributed by atoms with Crippen LogP contribution in [0.2, 0.25) is 0 Å². The third-order valence-corrected chi connectivity index (χ3v) is 7.04. The van der Waals surface area contributed by atoms with E-state index in [1.54, 1.807) is 36.7 Å². The molecule has 1 heterocycles. The molecule has 5 aromatic rings. The van der Waals surface area contributed by atoms with Crippen LogP contribution < -0.4 is 10.0 Å². The van der Waals surface area contributed by atoms with E-state index in [9.17, 15) is 13.2 Å². The van der Waals surface area contributed by atoms with Gasteiger partial charge in [0.05, 0.1) is 28.3 Å². The van der Waals surface area contributed by atoms with Crippen molar-refractivity contribution in [2.45, 2.75) is 10.9 Å². The fourth-order valence-electron chi connectivity index (χ4n) is 3.86. The smallest absolute Gasteiger partial charge is 0.261 e. The fourth-order valence-corrected chi connectivity index (χ4v) is 4.92.